The van der Waals surface area contributed by atoms with Crippen molar-refractivity contribution in [2.75, 3.05) is 0 Å². The maximum Gasteiger partial charge on any atom is 0.128 e. The van der Waals surface area contributed by atoms with Crippen molar-refractivity contribution >= 4 is 23.2 Å². The number of benzene rings is 1. The van der Waals surface area contributed by atoms with Crippen molar-refractivity contribution in [1.82, 2.24) is 0 Å². The number of halogens is 2. The second kappa shape index (κ2) is 4.50. The number of alkyl halides is 1. The van der Waals surface area contributed by atoms with Gasteiger partial charge in [0.25, 0.3) is 0 Å². The van der Waals surface area contributed by atoms with Crippen molar-refractivity contribution in [3.8, 4) is 11.5 Å². The number of hydrogen-bond acceptors (Lipinski definition) is 2. The number of hydrogen-bond donors (Lipinski definition) is 2. The molecule has 0 saturated heterocycles. The summed E-state index contributed by atoms with van der Waals surface area (Å²) in [6.45, 7) is 5.56. The first kappa shape index (κ1) is 12.5. The smallest absolute Gasteiger partial charge is 0.128 e. The maximum atomic E-state index is 9.92. The lowest BCUT2D eigenvalue weighted by atomic mass is 9.96. The first-order chi connectivity index (χ1) is 6.91. The fraction of sp³-hybridized carbons (Fsp3) is 0.455. The zero-order valence-corrected chi connectivity index (χ0v) is 10.4. The van der Waals surface area contributed by atoms with E-state index in [1.54, 1.807) is 6.92 Å². The van der Waals surface area contributed by atoms with Gasteiger partial charge in [-0.15, -0.1) is 11.6 Å². The molecular weight excluding hydrogens is 235 g/mol. The molecule has 84 valence electrons. The lowest BCUT2D eigenvalue weighted by Gasteiger charge is -2.17. The standard InChI is InChI=1S/C11H14Cl2O2/c1-5(2)8-9(13)6(3)10(14)7(4-12)11(8)15/h5,14-15H,4H2,1-3H3. The molecule has 0 aliphatic rings. The van der Waals surface area contributed by atoms with Gasteiger partial charge in [0.1, 0.15) is 11.5 Å². The van der Waals surface area contributed by atoms with E-state index in [0.717, 1.165) is 0 Å². The lowest BCUT2D eigenvalue weighted by Crippen LogP contribution is -1.97. The Morgan fingerprint density at radius 2 is 1.73 bits per heavy atom. The van der Waals surface area contributed by atoms with Gasteiger partial charge in [0, 0.05) is 11.1 Å². The van der Waals surface area contributed by atoms with Crippen molar-refractivity contribution in [3.05, 3.63) is 21.7 Å². The highest BCUT2D eigenvalue weighted by Gasteiger charge is 2.21. The Balaban J connectivity index is 3.60. The molecule has 0 heterocycles. The van der Waals surface area contributed by atoms with Crippen LogP contribution in [0.4, 0.5) is 0 Å². The molecule has 2 N–H and O–H groups in total. The van der Waals surface area contributed by atoms with Crippen LogP contribution in [0.1, 0.15) is 36.5 Å². The molecule has 0 aliphatic heterocycles. The van der Waals surface area contributed by atoms with Crippen molar-refractivity contribution < 1.29 is 10.2 Å². The van der Waals surface area contributed by atoms with Gasteiger partial charge in [-0.1, -0.05) is 25.4 Å². The summed E-state index contributed by atoms with van der Waals surface area (Å²) < 4.78 is 0. The summed E-state index contributed by atoms with van der Waals surface area (Å²) in [4.78, 5) is 0. The molecule has 4 heteroatoms. The number of aromatic hydroxyl groups is 2. The highest BCUT2D eigenvalue weighted by molar-refractivity contribution is 6.32. The highest BCUT2D eigenvalue weighted by atomic mass is 35.5. The van der Waals surface area contributed by atoms with Crippen LogP contribution in [0.3, 0.4) is 0 Å². The number of phenolic OH excluding ortho intramolecular Hbond substituents is 2. The second-order valence-electron chi connectivity index (χ2n) is 3.82. The van der Waals surface area contributed by atoms with Crippen LogP contribution in [0.5, 0.6) is 11.5 Å². The van der Waals surface area contributed by atoms with Gasteiger partial charge in [-0.2, -0.15) is 0 Å². The van der Waals surface area contributed by atoms with Gasteiger partial charge >= 0.3 is 0 Å². The van der Waals surface area contributed by atoms with E-state index >= 15 is 0 Å². The van der Waals surface area contributed by atoms with Gasteiger partial charge in [-0.05, 0) is 12.8 Å². The monoisotopic (exact) mass is 248 g/mol. The van der Waals surface area contributed by atoms with E-state index in [1.165, 1.54) is 0 Å². The fourth-order valence-electron chi connectivity index (χ4n) is 1.56. The predicted molar refractivity (Wildman–Crippen MR) is 63.2 cm³/mol. The first-order valence-electron chi connectivity index (χ1n) is 4.70. The fourth-order valence-corrected chi connectivity index (χ4v) is 2.21. The van der Waals surface area contributed by atoms with Crippen molar-refractivity contribution in [2.24, 2.45) is 0 Å². The average Bonchev–Trinajstić information content (AvgIpc) is 2.15. The molecule has 0 atom stereocenters. The molecule has 0 amide bonds. The van der Waals surface area contributed by atoms with Gasteiger partial charge in [0.15, 0.2) is 0 Å². The van der Waals surface area contributed by atoms with Gasteiger partial charge < -0.3 is 10.2 Å². The van der Waals surface area contributed by atoms with Crippen LogP contribution in [0.15, 0.2) is 0 Å². The van der Waals surface area contributed by atoms with Crippen LogP contribution in [0, 0.1) is 6.92 Å². The summed E-state index contributed by atoms with van der Waals surface area (Å²) in [6.07, 6.45) is 0. The average molecular weight is 249 g/mol. The van der Waals surface area contributed by atoms with Gasteiger partial charge in [-0.3, -0.25) is 0 Å². The van der Waals surface area contributed by atoms with E-state index < -0.39 is 0 Å². The van der Waals surface area contributed by atoms with Crippen LogP contribution in [0.25, 0.3) is 0 Å². The Labute approximate surface area is 99.5 Å². The second-order valence-corrected chi connectivity index (χ2v) is 4.46. The normalized spacial score (nSPS) is 11.1. The Bertz CT molecular complexity index is 387. The minimum absolute atomic E-state index is 0.00750. The third-order valence-electron chi connectivity index (χ3n) is 2.46. The number of phenols is 2. The van der Waals surface area contributed by atoms with Gasteiger partial charge in [0.2, 0.25) is 0 Å². The van der Waals surface area contributed by atoms with Crippen molar-refractivity contribution in [3.63, 3.8) is 0 Å². The van der Waals surface area contributed by atoms with Crippen LogP contribution in [-0.4, -0.2) is 10.2 Å². The summed E-state index contributed by atoms with van der Waals surface area (Å²) >= 11 is 11.7. The highest BCUT2D eigenvalue weighted by Crippen LogP contribution is 2.43. The third-order valence-corrected chi connectivity index (χ3v) is 3.21. The summed E-state index contributed by atoms with van der Waals surface area (Å²) in [7, 11) is 0. The molecule has 0 aromatic heterocycles. The molecule has 0 saturated carbocycles. The molecule has 1 rings (SSSR count). The van der Waals surface area contributed by atoms with E-state index in [2.05, 4.69) is 0 Å². The SMILES string of the molecule is Cc1c(O)c(CCl)c(O)c(C(C)C)c1Cl. The zero-order chi connectivity index (χ0) is 11.7. The van der Waals surface area contributed by atoms with E-state index in [-0.39, 0.29) is 23.3 Å². The van der Waals surface area contributed by atoms with Gasteiger partial charge in [-0.25, -0.2) is 0 Å². The summed E-state index contributed by atoms with van der Waals surface area (Å²) in [5.74, 6) is 0.138. The summed E-state index contributed by atoms with van der Waals surface area (Å²) in [5, 5.41) is 20.1. The topological polar surface area (TPSA) is 40.5 Å². The molecule has 0 spiro atoms. The molecule has 0 bridgehead atoms. The quantitative estimate of drug-likeness (QED) is 0.780. The summed E-state index contributed by atoms with van der Waals surface area (Å²) in [5.41, 5.74) is 1.55. The molecular formula is C11H14Cl2O2. The Kier molecular flexibility index (Phi) is 3.74. The largest absolute Gasteiger partial charge is 0.507 e. The van der Waals surface area contributed by atoms with Crippen LogP contribution < -0.4 is 0 Å². The minimum Gasteiger partial charge on any atom is -0.507 e. The van der Waals surface area contributed by atoms with E-state index in [4.69, 9.17) is 23.2 Å². The Morgan fingerprint density at radius 3 is 2.13 bits per heavy atom. The molecule has 0 aliphatic carbocycles. The minimum atomic E-state index is -0.0168. The van der Waals surface area contributed by atoms with E-state index in [0.29, 0.717) is 21.7 Å². The van der Waals surface area contributed by atoms with Crippen LogP contribution in [-0.2, 0) is 5.88 Å². The molecule has 1 aromatic carbocycles. The maximum absolute atomic E-state index is 9.92. The number of rotatable bonds is 2. The molecule has 2 nitrogen and oxygen atoms in total. The van der Waals surface area contributed by atoms with Crippen molar-refractivity contribution in [1.29, 1.82) is 0 Å². The molecule has 15 heavy (non-hydrogen) atoms. The molecule has 0 radical (unpaired) electrons. The van der Waals surface area contributed by atoms with Crippen molar-refractivity contribution in [2.45, 2.75) is 32.6 Å². The van der Waals surface area contributed by atoms with E-state index in [1.807, 2.05) is 13.8 Å². The third kappa shape index (κ3) is 2.01. The molecule has 1 aromatic rings. The molecule has 0 fully saturated rings. The Hall–Kier alpha value is -0.600. The zero-order valence-electron chi connectivity index (χ0n) is 8.93. The van der Waals surface area contributed by atoms with Gasteiger partial charge in [0.05, 0.1) is 16.5 Å². The lowest BCUT2D eigenvalue weighted by molar-refractivity contribution is 0.433. The van der Waals surface area contributed by atoms with E-state index in [9.17, 15) is 10.2 Å². The molecule has 0 unspecified atom stereocenters. The predicted octanol–water partition coefficient (Wildman–Crippen LogP) is 3.92. The van der Waals surface area contributed by atoms with Crippen LogP contribution in [0.2, 0.25) is 5.02 Å². The summed E-state index contributed by atoms with van der Waals surface area (Å²) in [6, 6.07) is 0. The first-order valence-corrected chi connectivity index (χ1v) is 5.61. The Morgan fingerprint density at radius 1 is 1.20 bits per heavy atom. The van der Waals surface area contributed by atoms with Crippen LogP contribution >= 0.6 is 23.2 Å².